The van der Waals surface area contributed by atoms with E-state index >= 15 is 0 Å². The van der Waals surface area contributed by atoms with Crippen LogP contribution in [0.5, 0.6) is 0 Å². The molecule has 6 nitrogen and oxygen atoms in total. The van der Waals surface area contributed by atoms with Crippen LogP contribution in [0.3, 0.4) is 0 Å². The van der Waals surface area contributed by atoms with E-state index in [0.29, 0.717) is 0 Å². The number of hydrogen-bond acceptors (Lipinski definition) is 4. The number of esters is 1. The molecule has 1 amide bonds. The van der Waals surface area contributed by atoms with E-state index in [9.17, 15) is 14.4 Å². The van der Waals surface area contributed by atoms with E-state index < -0.39 is 23.9 Å². The van der Waals surface area contributed by atoms with E-state index in [2.05, 4.69) is 4.74 Å². The molecular weight excluding hydrogens is 274 g/mol. The molecule has 21 heavy (non-hydrogen) atoms. The van der Waals surface area contributed by atoms with Crippen molar-refractivity contribution in [3.8, 4) is 0 Å². The molecule has 0 aliphatic carbocycles. The van der Waals surface area contributed by atoms with E-state index in [1.807, 2.05) is 6.07 Å². The molecule has 1 N–H and O–H groups in total. The molecule has 0 bridgehead atoms. The second-order valence-electron chi connectivity index (χ2n) is 4.99. The van der Waals surface area contributed by atoms with Gasteiger partial charge in [-0.1, -0.05) is 30.3 Å². The Hall–Kier alpha value is -2.37. The van der Waals surface area contributed by atoms with Crippen molar-refractivity contribution in [3.63, 3.8) is 0 Å². The SMILES string of the molecule is COC(=O)C1CC(=O)N(C(CC(=O)O)c2ccccc2)C1. The Morgan fingerprint density at radius 3 is 2.62 bits per heavy atom. The lowest BCUT2D eigenvalue weighted by molar-refractivity contribution is -0.145. The molecule has 1 aliphatic rings. The Morgan fingerprint density at radius 2 is 2.05 bits per heavy atom. The topological polar surface area (TPSA) is 83.9 Å². The molecule has 1 aromatic rings. The van der Waals surface area contributed by atoms with Gasteiger partial charge in [0.05, 0.1) is 25.5 Å². The summed E-state index contributed by atoms with van der Waals surface area (Å²) < 4.78 is 4.66. The van der Waals surface area contributed by atoms with E-state index in [1.54, 1.807) is 24.3 Å². The normalized spacial score (nSPS) is 19.4. The fourth-order valence-corrected chi connectivity index (χ4v) is 2.61. The van der Waals surface area contributed by atoms with E-state index in [1.165, 1.54) is 12.0 Å². The zero-order chi connectivity index (χ0) is 15.4. The van der Waals surface area contributed by atoms with Crippen molar-refractivity contribution in [3.05, 3.63) is 35.9 Å². The quantitative estimate of drug-likeness (QED) is 0.825. The summed E-state index contributed by atoms with van der Waals surface area (Å²) in [6.45, 7) is 0.193. The minimum absolute atomic E-state index is 0.0651. The van der Waals surface area contributed by atoms with Crippen LogP contribution in [-0.4, -0.2) is 41.5 Å². The summed E-state index contributed by atoms with van der Waals surface area (Å²) in [4.78, 5) is 36.2. The molecule has 2 atom stereocenters. The summed E-state index contributed by atoms with van der Waals surface area (Å²) in [5.74, 6) is -2.17. The highest BCUT2D eigenvalue weighted by Gasteiger charge is 2.39. The van der Waals surface area contributed by atoms with Crippen molar-refractivity contribution in [2.24, 2.45) is 5.92 Å². The highest BCUT2D eigenvalue weighted by atomic mass is 16.5. The van der Waals surface area contributed by atoms with Crippen molar-refractivity contribution in [2.75, 3.05) is 13.7 Å². The van der Waals surface area contributed by atoms with Crippen molar-refractivity contribution < 1.29 is 24.2 Å². The maximum Gasteiger partial charge on any atom is 0.310 e. The molecule has 1 heterocycles. The fourth-order valence-electron chi connectivity index (χ4n) is 2.61. The number of aliphatic carboxylic acids is 1. The first-order chi connectivity index (χ1) is 10.0. The largest absolute Gasteiger partial charge is 0.481 e. The van der Waals surface area contributed by atoms with Gasteiger partial charge < -0.3 is 14.7 Å². The average Bonchev–Trinajstić information content (AvgIpc) is 2.86. The van der Waals surface area contributed by atoms with Gasteiger partial charge in [0.25, 0.3) is 0 Å². The summed E-state index contributed by atoms with van der Waals surface area (Å²) in [5.41, 5.74) is 0.749. The van der Waals surface area contributed by atoms with Crippen molar-refractivity contribution >= 4 is 17.8 Å². The molecule has 0 saturated carbocycles. The summed E-state index contributed by atoms with van der Waals surface area (Å²) in [7, 11) is 1.28. The summed E-state index contributed by atoms with van der Waals surface area (Å²) in [6.07, 6.45) is -0.126. The van der Waals surface area contributed by atoms with Crippen LogP contribution in [0.1, 0.15) is 24.4 Å². The number of benzene rings is 1. The molecule has 112 valence electrons. The van der Waals surface area contributed by atoms with Crippen molar-refractivity contribution in [1.29, 1.82) is 0 Å². The number of carboxylic acid groups (broad SMARTS) is 1. The predicted octanol–water partition coefficient (Wildman–Crippen LogP) is 1.22. The molecule has 1 aliphatic heterocycles. The van der Waals surface area contributed by atoms with Crippen LogP contribution in [0.15, 0.2) is 30.3 Å². The second kappa shape index (κ2) is 6.39. The van der Waals surface area contributed by atoms with Gasteiger partial charge in [0.1, 0.15) is 0 Å². The van der Waals surface area contributed by atoms with E-state index in [0.717, 1.165) is 5.56 Å². The number of ether oxygens (including phenoxy) is 1. The lowest BCUT2D eigenvalue weighted by Crippen LogP contribution is -2.32. The smallest absolute Gasteiger partial charge is 0.310 e. The Morgan fingerprint density at radius 1 is 1.38 bits per heavy atom. The first-order valence-corrected chi connectivity index (χ1v) is 6.67. The van der Waals surface area contributed by atoms with Gasteiger partial charge >= 0.3 is 11.9 Å². The van der Waals surface area contributed by atoms with Crippen LogP contribution in [0.25, 0.3) is 0 Å². The number of methoxy groups -OCH3 is 1. The fraction of sp³-hybridized carbons (Fsp3) is 0.400. The third-order valence-electron chi connectivity index (χ3n) is 3.62. The molecule has 0 spiro atoms. The van der Waals surface area contributed by atoms with Gasteiger partial charge in [-0.05, 0) is 5.56 Å². The number of carboxylic acids is 1. The first-order valence-electron chi connectivity index (χ1n) is 6.67. The average molecular weight is 291 g/mol. The lowest BCUT2D eigenvalue weighted by Gasteiger charge is -2.27. The number of nitrogens with zero attached hydrogens (tertiary/aromatic N) is 1. The number of amides is 1. The number of carbonyl (C=O) groups is 3. The minimum atomic E-state index is -0.988. The highest BCUT2D eigenvalue weighted by Crippen LogP contribution is 2.31. The van der Waals surface area contributed by atoms with Gasteiger partial charge in [-0.25, -0.2) is 0 Å². The number of rotatable bonds is 5. The zero-order valence-corrected chi connectivity index (χ0v) is 11.7. The van der Waals surface area contributed by atoms with Crippen LogP contribution in [-0.2, 0) is 19.1 Å². The highest BCUT2D eigenvalue weighted by molar-refractivity contribution is 5.87. The van der Waals surface area contributed by atoms with E-state index in [4.69, 9.17) is 5.11 Å². The van der Waals surface area contributed by atoms with Gasteiger partial charge in [-0.15, -0.1) is 0 Å². The molecule has 2 unspecified atom stereocenters. The minimum Gasteiger partial charge on any atom is -0.481 e. The molecular formula is C15H17NO5. The molecule has 1 aromatic carbocycles. The number of hydrogen-bond donors (Lipinski definition) is 1. The van der Waals surface area contributed by atoms with Crippen LogP contribution in [0.2, 0.25) is 0 Å². The van der Waals surface area contributed by atoms with Gasteiger partial charge in [-0.3, -0.25) is 14.4 Å². The third-order valence-corrected chi connectivity index (χ3v) is 3.62. The van der Waals surface area contributed by atoms with Gasteiger partial charge in [0, 0.05) is 13.0 Å². The number of carbonyl (C=O) groups excluding carboxylic acids is 2. The Labute approximate surface area is 122 Å². The molecule has 2 rings (SSSR count). The molecule has 1 saturated heterocycles. The molecule has 1 fully saturated rings. The van der Waals surface area contributed by atoms with E-state index in [-0.39, 0.29) is 25.3 Å². The van der Waals surface area contributed by atoms with Gasteiger partial charge in [0.15, 0.2) is 0 Å². The van der Waals surface area contributed by atoms with Gasteiger partial charge in [0.2, 0.25) is 5.91 Å². The van der Waals surface area contributed by atoms with Gasteiger partial charge in [-0.2, -0.15) is 0 Å². The summed E-state index contributed by atoms with van der Waals surface area (Å²) in [6, 6.07) is 8.42. The monoisotopic (exact) mass is 291 g/mol. The van der Waals surface area contributed by atoms with Crippen molar-refractivity contribution in [2.45, 2.75) is 18.9 Å². The Bertz CT molecular complexity index is 542. The number of likely N-dealkylation sites (tertiary alicyclic amines) is 1. The third kappa shape index (κ3) is 3.39. The zero-order valence-electron chi connectivity index (χ0n) is 11.7. The van der Waals surface area contributed by atoms with Crippen LogP contribution < -0.4 is 0 Å². The molecule has 0 radical (unpaired) electrons. The van der Waals surface area contributed by atoms with Crippen LogP contribution in [0, 0.1) is 5.92 Å². The van der Waals surface area contributed by atoms with Crippen molar-refractivity contribution in [1.82, 2.24) is 4.90 Å². The standard InChI is InChI=1S/C15H17NO5/c1-21-15(20)11-7-13(17)16(9-11)12(8-14(18)19)10-5-3-2-4-6-10/h2-6,11-12H,7-9H2,1H3,(H,18,19). The predicted molar refractivity (Wildman–Crippen MR) is 73.3 cm³/mol. The maximum absolute atomic E-state index is 12.1. The maximum atomic E-state index is 12.1. The Balaban J connectivity index is 2.23. The second-order valence-corrected chi connectivity index (χ2v) is 4.99. The van der Waals surface area contributed by atoms with Crippen LogP contribution >= 0.6 is 0 Å². The summed E-state index contributed by atoms with van der Waals surface area (Å²) in [5, 5.41) is 9.08. The Kier molecular flexibility index (Phi) is 4.57. The first kappa shape index (κ1) is 15.0. The summed E-state index contributed by atoms with van der Waals surface area (Å²) >= 11 is 0. The van der Waals surface area contributed by atoms with Crippen LogP contribution in [0.4, 0.5) is 0 Å². The molecule has 0 aromatic heterocycles. The molecule has 6 heteroatoms. The lowest BCUT2D eigenvalue weighted by atomic mass is 10.0.